The number of hydrogen-bond acceptors (Lipinski definition) is 7. The summed E-state index contributed by atoms with van der Waals surface area (Å²) in [6.45, 7) is 8.28. The van der Waals surface area contributed by atoms with Crippen LogP contribution in [0.3, 0.4) is 0 Å². The molecular formula is C21H29N5O2S. The Morgan fingerprint density at radius 3 is 2.62 bits per heavy atom. The second-order valence-electron chi connectivity index (χ2n) is 6.92. The molecule has 1 aromatic carbocycles. The minimum Gasteiger partial charge on any atom is -0.461 e. The van der Waals surface area contributed by atoms with E-state index in [2.05, 4.69) is 39.4 Å². The third kappa shape index (κ3) is 5.39. The van der Waals surface area contributed by atoms with E-state index in [0.717, 1.165) is 42.6 Å². The van der Waals surface area contributed by atoms with Crippen molar-refractivity contribution >= 4 is 23.5 Å². The van der Waals surface area contributed by atoms with Crippen LogP contribution in [-0.4, -0.2) is 57.4 Å². The van der Waals surface area contributed by atoms with Crippen molar-refractivity contribution in [1.82, 2.24) is 19.8 Å². The number of benzene rings is 1. The number of rotatable bonds is 6. The normalized spacial score (nSPS) is 19.6. The van der Waals surface area contributed by atoms with Gasteiger partial charge in [-0.25, -0.2) is 9.97 Å². The molecule has 0 bridgehead atoms. The number of hydrogen-bond donors (Lipinski definition) is 1. The average Bonchev–Trinajstić information content (AvgIpc) is 3.10. The van der Waals surface area contributed by atoms with Crippen molar-refractivity contribution in [2.45, 2.75) is 50.4 Å². The molecule has 8 heteroatoms. The zero-order valence-corrected chi connectivity index (χ0v) is 18.3. The fraction of sp³-hybridized carbons (Fsp3) is 0.476. The number of amides is 1. The highest BCUT2D eigenvalue weighted by Crippen LogP contribution is 2.35. The van der Waals surface area contributed by atoms with Crippen molar-refractivity contribution in [3.8, 4) is 5.75 Å². The van der Waals surface area contributed by atoms with Gasteiger partial charge < -0.3 is 19.9 Å². The fourth-order valence-corrected chi connectivity index (χ4v) is 4.26. The van der Waals surface area contributed by atoms with Crippen LogP contribution in [0.5, 0.6) is 5.75 Å². The summed E-state index contributed by atoms with van der Waals surface area (Å²) in [6.07, 6.45) is 4.44. The number of carbonyl (C=O) groups excluding carboxylic acids is 1. The summed E-state index contributed by atoms with van der Waals surface area (Å²) in [6, 6.07) is 8.49. The Labute approximate surface area is 176 Å². The number of aromatic nitrogens is 2. The van der Waals surface area contributed by atoms with Crippen LogP contribution in [0.25, 0.3) is 0 Å². The first-order valence-electron chi connectivity index (χ1n) is 10.0. The van der Waals surface area contributed by atoms with Crippen molar-refractivity contribution in [1.29, 1.82) is 0 Å². The van der Waals surface area contributed by atoms with E-state index in [1.54, 1.807) is 19.3 Å². The van der Waals surface area contributed by atoms with E-state index in [1.165, 1.54) is 17.3 Å². The monoisotopic (exact) mass is 415 g/mol. The first kappa shape index (κ1) is 21.4. The van der Waals surface area contributed by atoms with Crippen molar-refractivity contribution in [2.24, 2.45) is 0 Å². The number of likely N-dealkylation sites (N-methyl/N-ethyl adjacent to an activating group) is 1. The molecule has 1 aromatic heterocycles. The largest absolute Gasteiger partial charge is 0.461 e. The van der Waals surface area contributed by atoms with Gasteiger partial charge >= 0.3 is 0 Å². The highest BCUT2D eigenvalue weighted by atomic mass is 32.2. The molecule has 2 atom stereocenters. The first-order chi connectivity index (χ1) is 14.1. The number of nitrogens with zero attached hydrogens (tertiary/aromatic N) is 4. The van der Waals surface area contributed by atoms with Crippen LogP contribution in [0.2, 0.25) is 0 Å². The molecule has 1 fully saturated rings. The summed E-state index contributed by atoms with van der Waals surface area (Å²) in [5.41, 5.74) is 1.00. The maximum atomic E-state index is 11.5. The van der Waals surface area contributed by atoms with Gasteiger partial charge in [-0.2, -0.15) is 0 Å². The van der Waals surface area contributed by atoms with Gasteiger partial charge in [-0.15, -0.1) is 0 Å². The predicted molar refractivity (Wildman–Crippen MR) is 116 cm³/mol. The Morgan fingerprint density at radius 2 is 2.00 bits per heavy atom. The van der Waals surface area contributed by atoms with Crippen LogP contribution in [0.1, 0.15) is 32.8 Å². The van der Waals surface area contributed by atoms with Crippen LogP contribution in [0.4, 0.5) is 5.82 Å². The van der Waals surface area contributed by atoms with E-state index in [4.69, 9.17) is 4.74 Å². The van der Waals surface area contributed by atoms with E-state index in [-0.39, 0.29) is 11.5 Å². The first-order valence-corrected chi connectivity index (χ1v) is 10.9. The van der Waals surface area contributed by atoms with Crippen LogP contribution in [0.15, 0.2) is 41.7 Å². The van der Waals surface area contributed by atoms with Gasteiger partial charge in [-0.05, 0) is 42.9 Å². The lowest BCUT2D eigenvalue weighted by Gasteiger charge is -2.42. The summed E-state index contributed by atoms with van der Waals surface area (Å²) in [7, 11) is 2.09. The predicted octanol–water partition coefficient (Wildman–Crippen LogP) is 3.44. The van der Waals surface area contributed by atoms with E-state index < -0.39 is 0 Å². The molecule has 0 aliphatic carbocycles. The number of nitrogens with one attached hydrogen (secondary N) is 1. The van der Waals surface area contributed by atoms with Crippen LogP contribution in [0, 0.1) is 0 Å². The second kappa shape index (κ2) is 9.93. The van der Waals surface area contributed by atoms with E-state index in [9.17, 15) is 4.79 Å². The molecule has 7 nitrogen and oxygen atoms in total. The topological polar surface area (TPSA) is 70.6 Å². The van der Waals surface area contributed by atoms with E-state index >= 15 is 0 Å². The highest BCUT2D eigenvalue weighted by Gasteiger charge is 2.30. The smallest absolute Gasteiger partial charge is 0.225 e. The molecule has 1 N–H and O–H groups in total. The van der Waals surface area contributed by atoms with Crippen LogP contribution in [-0.2, 0) is 11.3 Å². The standard InChI is InChI=1S/C19H23N5O2S.C2H6/c1-13(25)24-10-7-15(24)12-23(2)11-14-3-5-16(6-4-14)26-19-22-17-18(27-19)21-9-8-20-17;1-2/h3-6,8-9,15,19H,7,10-12H2,1-2H3,(H,20,22);1-2H3/t15-,19?;/m0./s1. The van der Waals surface area contributed by atoms with Crippen molar-refractivity contribution in [3.05, 3.63) is 42.2 Å². The Kier molecular flexibility index (Phi) is 7.33. The van der Waals surface area contributed by atoms with Gasteiger partial charge in [0.25, 0.3) is 0 Å². The maximum Gasteiger partial charge on any atom is 0.225 e. The zero-order chi connectivity index (χ0) is 20.8. The molecular weight excluding hydrogens is 386 g/mol. The van der Waals surface area contributed by atoms with Gasteiger partial charge in [0.2, 0.25) is 11.5 Å². The average molecular weight is 416 g/mol. The zero-order valence-electron chi connectivity index (χ0n) is 17.5. The SMILES string of the molecule is CC.CC(=O)N1CC[C@H]1CN(C)Cc1ccc(OC2Nc3nccnc3S2)cc1. The molecule has 1 amide bonds. The summed E-state index contributed by atoms with van der Waals surface area (Å²) in [5, 5.41) is 4.06. The lowest BCUT2D eigenvalue weighted by molar-refractivity contribution is -0.137. The van der Waals surface area contributed by atoms with Crippen molar-refractivity contribution < 1.29 is 9.53 Å². The Morgan fingerprint density at radius 1 is 1.28 bits per heavy atom. The van der Waals surface area contributed by atoms with Gasteiger partial charge in [-0.3, -0.25) is 4.79 Å². The molecule has 1 unspecified atom stereocenters. The molecule has 3 heterocycles. The number of thioether (sulfide) groups is 1. The van der Waals surface area contributed by atoms with Crippen LogP contribution >= 0.6 is 11.8 Å². The van der Waals surface area contributed by atoms with Gasteiger partial charge in [0.1, 0.15) is 10.8 Å². The molecule has 2 aliphatic rings. The molecule has 2 aliphatic heterocycles. The molecule has 29 heavy (non-hydrogen) atoms. The minimum atomic E-state index is -0.216. The summed E-state index contributed by atoms with van der Waals surface area (Å²) in [4.78, 5) is 24.2. The van der Waals surface area contributed by atoms with E-state index in [1.807, 2.05) is 30.9 Å². The maximum absolute atomic E-state index is 11.5. The fourth-order valence-electron chi connectivity index (χ4n) is 3.38. The van der Waals surface area contributed by atoms with Crippen LogP contribution < -0.4 is 10.1 Å². The molecule has 0 spiro atoms. The Balaban J connectivity index is 0.00000117. The molecule has 156 valence electrons. The Hall–Kier alpha value is -2.32. The van der Waals surface area contributed by atoms with E-state index in [0.29, 0.717) is 6.04 Å². The lowest BCUT2D eigenvalue weighted by Crippen LogP contribution is -2.54. The summed E-state index contributed by atoms with van der Waals surface area (Å²) >= 11 is 1.52. The van der Waals surface area contributed by atoms with Crippen molar-refractivity contribution in [2.75, 3.05) is 25.5 Å². The van der Waals surface area contributed by atoms with Gasteiger partial charge in [-0.1, -0.05) is 26.0 Å². The molecule has 2 aromatic rings. The lowest BCUT2D eigenvalue weighted by atomic mass is 10.0. The molecule has 1 saturated heterocycles. The molecule has 4 rings (SSSR count). The number of likely N-dealkylation sites (tertiary alicyclic amines) is 1. The number of fused-ring (bicyclic) bond motifs is 1. The number of ether oxygens (including phenoxy) is 1. The number of anilines is 1. The quantitative estimate of drug-likeness (QED) is 0.775. The second-order valence-corrected chi connectivity index (χ2v) is 7.97. The number of carbonyl (C=O) groups is 1. The third-order valence-corrected chi connectivity index (χ3v) is 5.78. The van der Waals surface area contributed by atoms with Gasteiger partial charge in [0.05, 0.1) is 0 Å². The van der Waals surface area contributed by atoms with Gasteiger partial charge in [0, 0.05) is 45.0 Å². The summed E-state index contributed by atoms with van der Waals surface area (Å²) < 4.78 is 5.96. The molecule has 0 radical (unpaired) electrons. The Bertz CT molecular complexity index is 792. The molecule has 0 saturated carbocycles. The highest BCUT2D eigenvalue weighted by molar-refractivity contribution is 8.00. The van der Waals surface area contributed by atoms with Gasteiger partial charge in [0.15, 0.2) is 5.82 Å². The minimum absolute atomic E-state index is 0.173. The third-order valence-electron chi connectivity index (χ3n) is 4.83. The van der Waals surface area contributed by atoms with Crippen molar-refractivity contribution in [3.63, 3.8) is 0 Å². The summed E-state index contributed by atoms with van der Waals surface area (Å²) in [5.74, 6) is 1.74.